The SMILES string of the molecule is CSc1c(NCc2cccc(Br)c2)sc(C(N)=O)c1N. The van der Waals surface area contributed by atoms with E-state index in [2.05, 4.69) is 21.2 Å². The Morgan fingerprint density at radius 3 is 2.85 bits per heavy atom. The molecule has 0 aliphatic heterocycles. The molecule has 1 aromatic carbocycles. The van der Waals surface area contributed by atoms with E-state index in [0.717, 1.165) is 19.9 Å². The van der Waals surface area contributed by atoms with Crippen LogP contribution in [0.25, 0.3) is 0 Å². The summed E-state index contributed by atoms with van der Waals surface area (Å²) in [5.74, 6) is -0.488. The highest BCUT2D eigenvalue weighted by atomic mass is 79.9. The van der Waals surface area contributed by atoms with Crippen LogP contribution < -0.4 is 16.8 Å². The molecule has 1 amide bonds. The molecule has 5 N–H and O–H groups in total. The van der Waals surface area contributed by atoms with E-state index < -0.39 is 5.91 Å². The lowest BCUT2D eigenvalue weighted by molar-refractivity contribution is 0.100. The molecule has 1 aromatic heterocycles. The number of primary amides is 1. The Labute approximate surface area is 134 Å². The van der Waals surface area contributed by atoms with Gasteiger partial charge >= 0.3 is 0 Å². The first kappa shape index (κ1) is 15.2. The van der Waals surface area contributed by atoms with Crippen LogP contribution in [0.1, 0.15) is 15.2 Å². The van der Waals surface area contributed by atoms with Gasteiger partial charge in [-0.15, -0.1) is 23.1 Å². The van der Waals surface area contributed by atoms with Crippen molar-refractivity contribution in [2.75, 3.05) is 17.3 Å². The number of thioether (sulfide) groups is 1. The number of benzene rings is 1. The molecule has 0 saturated carbocycles. The number of halogens is 1. The van der Waals surface area contributed by atoms with Gasteiger partial charge in [0.05, 0.1) is 10.6 Å². The molecule has 0 unspecified atom stereocenters. The minimum atomic E-state index is -0.488. The number of thiophene rings is 1. The Kier molecular flexibility index (Phi) is 4.95. The molecule has 1 heterocycles. The Balaban J connectivity index is 2.21. The van der Waals surface area contributed by atoms with Gasteiger partial charge in [-0.25, -0.2) is 0 Å². The van der Waals surface area contributed by atoms with E-state index >= 15 is 0 Å². The van der Waals surface area contributed by atoms with Crippen LogP contribution in [0.3, 0.4) is 0 Å². The number of nitrogens with one attached hydrogen (secondary N) is 1. The predicted octanol–water partition coefficient (Wildman–Crippen LogP) is 3.53. The molecule has 0 aliphatic rings. The van der Waals surface area contributed by atoms with Gasteiger partial charge < -0.3 is 16.8 Å². The number of hydrogen-bond acceptors (Lipinski definition) is 5. The summed E-state index contributed by atoms with van der Waals surface area (Å²) >= 11 is 6.24. The van der Waals surface area contributed by atoms with Crippen LogP contribution >= 0.6 is 39.0 Å². The minimum Gasteiger partial charge on any atom is -0.396 e. The van der Waals surface area contributed by atoms with Crippen molar-refractivity contribution in [3.8, 4) is 0 Å². The fourth-order valence-electron chi connectivity index (χ4n) is 1.76. The quantitative estimate of drug-likeness (QED) is 0.702. The van der Waals surface area contributed by atoms with Gasteiger partial charge in [0.1, 0.15) is 9.88 Å². The molecule has 0 bridgehead atoms. The lowest BCUT2D eigenvalue weighted by Crippen LogP contribution is -2.10. The van der Waals surface area contributed by atoms with Crippen LogP contribution in [0.4, 0.5) is 10.7 Å². The smallest absolute Gasteiger partial charge is 0.261 e. The highest BCUT2D eigenvalue weighted by Crippen LogP contribution is 2.41. The van der Waals surface area contributed by atoms with Gasteiger partial charge in [0.15, 0.2) is 0 Å². The number of nitrogen functional groups attached to an aromatic ring is 1. The number of carbonyl (C=O) groups is 1. The van der Waals surface area contributed by atoms with Crippen LogP contribution in [0.5, 0.6) is 0 Å². The Morgan fingerprint density at radius 2 is 2.25 bits per heavy atom. The maximum Gasteiger partial charge on any atom is 0.261 e. The van der Waals surface area contributed by atoms with Gasteiger partial charge in [0, 0.05) is 11.0 Å². The van der Waals surface area contributed by atoms with Crippen molar-refractivity contribution in [2.24, 2.45) is 5.73 Å². The summed E-state index contributed by atoms with van der Waals surface area (Å²) in [7, 11) is 0. The van der Waals surface area contributed by atoms with Crippen molar-refractivity contribution < 1.29 is 4.79 Å². The highest BCUT2D eigenvalue weighted by molar-refractivity contribution is 9.10. The van der Waals surface area contributed by atoms with E-state index in [4.69, 9.17) is 11.5 Å². The number of amides is 1. The topological polar surface area (TPSA) is 81.1 Å². The Bertz CT molecular complexity index is 643. The zero-order chi connectivity index (χ0) is 14.7. The zero-order valence-electron chi connectivity index (χ0n) is 10.8. The number of carbonyl (C=O) groups excluding carboxylic acids is 1. The molecular weight excluding hydrogens is 358 g/mol. The van der Waals surface area contributed by atoms with E-state index in [9.17, 15) is 4.79 Å². The average Bonchev–Trinajstić information content (AvgIpc) is 2.73. The van der Waals surface area contributed by atoms with Crippen molar-refractivity contribution >= 4 is 55.6 Å². The molecule has 20 heavy (non-hydrogen) atoms. The third-order valence-electron chi connectivity index (χ3n) is 2.67. The van der Waals surface area contributed by atoms with Crippen molar-refractivity contribution in [3.63, 3.8) is 0 Å². The number of rotatable bonds is 5. The van der Waals surface area contributed by atoms with Crippen molar-refractivity contribution in [2.45, 2.75) is 11.4 Å². The summed E-state index contributed by atoms with van der Waals surface area (Å²) in [6, 6.07) is 8.03. The summed E-state index contributed by atoms with van der Waals surface area (Å²) in [5, 5.41) is 4.19. The molecular formula is C13H14BrN3OS2. The standard InChI is InChI=1S/C13H14BrN3OS2/c1-19-11-9(15)10(12(16)18)20-13(11)17-6-7-3-2-4-8(14)5-7/h2-5,17H,6,15H2,1H3,(H2,16,18). The van der Waals surface area contributed by atoms with Gasteiger partial charge in [-0.3, -0.25) is 4.79 Å². The molecule has 106 valence electrons. The third kappa shape index (κ3) is 3.28. The largest absolute Gasteiger partial charge is 0.396 e. The van der Waals surface area contributed by atoms with Crippen molar-refractivity contribution in [1.29, 1.82) is 0 Å². The second-order valence-corrected chi connectivity index (χ2v) is 6.81. The Hall–Kier alpha value is -1.18. The maximum absolute atomic E-state index is 11.3. The highest BCUT2D eigenvalue weighted by Gasteiger charge is 2.18. The summed E-state index contributed by atoms with van der Waals surface area (Å²) in [5.41, 5.74) is 12.9. The molecule has 0 atom stereocenters. The summed E-state index contributed by atoms with van der Waals surface area (Å²) in [4.78, 5) is 12.6. The molecule has 0 saturated heterocycles. The lowest BCUT2D eigenvalue weighted by atomic mass is 10.2. The zero-order valence-corrected chi connectivity index (χ0v) is 14.0. The van der Waals surface area contributed by atoms with E-state index in [1.54, 1.807) is 0 Å². The monoisotopic (exact) mass is 371 g/mol. The first-order valence-corrected chi connectivity index (χ1v) is 8.60. The molecule has 0 radical (unpaired) electrons. The van der Waals surface area contributed by atoms with Gasteiger partial charge in [-0.05, 0) is 24.0 Å². The lowest BCUT2D eigenvalue weighted by Gasteiger charge is -2.06. The van der Waals surface area contributed by atoms with Gasteiger partial charge in [-0.2, -0.15) is 0 Å². The van der Waals surface area contributed by atoms with E-state index in [1.165, 1.54) is 23.1 Å². The fourth-order valence-corrected chi connectivity index (χ4v) is 4.09. The molecule has 2 rings (SSSR count). The predicted molar refractivity (Wildman–Crippen MR) is 90.5 cm³/mol. The normalized spacial score (nSPS) is 10.5. The molecule has 0 spiro atoms. The molecule has 0 fully saturated rings. The first-order chi connectivity index (χ1) is 9.52. The van der Waals surface area contributed by atoms with Crippen molar-refractivity contribution in [1.82, 2.24) is 0 Å². The Morgan fingerprint density at radius 1 is 1.50 bits per heavy atom. The van der Waals surface area contributed by atoms with Crippen LogP contribution in [0.2, 0.25) is 0 Å². The summed E-state index contributed by atoms with van der Waals surface area (Å²) in [6.07, 6.45) is 1.92. The molecule has 4 nitrogen and oxygen atoms in total. The van der Waals surface area contributed by atoms with Gasteiger partial charge in [-0.1, -0.05) is 28.1 Å². The van der Waals surface area contributed by atoms with Crippen LogP contribution in [0, 0.1) is 0 Å². The number of anilines is 2. The van der Waals surface area contributed by atoms with E-state index in [1.807, 2.05) is 30.5 Å². The first-order valence-electron chi connectivity index (χ1n) is 5.77. The second-order valence-electron chi connectivity index (χ2n) is 4.05. The molecule has 7 heteroatoms. The fraction of sp³-hybridized carbons (Fsp3) is 0.154. The third-order valence-corrected chi connectivity index (χ3v) is 5.30. The number of hydrogen-bond donors (Lipinski definition) is 3. The average molecular weight is 372 g/mol. The maximum atomic E-state index is 11.3. The van der Waals surface area contributed by atoms with Gasteiger partial charge in [0.2, 0.25) is 0 Å². The van der Waals surface area contributed by atoms with Crippen LogP contribution in [-0.2, 0) is 6.54 Å². The second kappa shape index (κ2) is 6.51. The number of nitrogens with two attached hydrogens (primary N) is 2. The van der Waals surface area contributed by atoms with E-state index in [-0.39, 0.29) is 0 Å². The van der Waals surface area contributed by atoms with E-state index in [0.29, 0.717) is 17.1 Å². The van der Waals surface area contributed by atoms with Crippen molar-refractivity contribution in [3.05, 3.63) is 39.2 Å². The van der Waals surface area contributed by atoms with Crippen LogP contribution in [-0.4, -0.2) is 12.2 Å². The van der Waals surface area contributed by atoms with Crippen LogP contribution in [0.15, 0.2) is 33.6 Å². The summed E-state index contributed by atoms with van der Waals surface area (Å²) in [6.45, 7) is 0.658. The summed E-state index contributed by atoms with van der Waals surface area (Å²) < 4.78 is 1.03. The van der Waals surface area contributed by atoms with Gasteiger partial charge in [0.25, 0.3) is 5.91 Å². The molecule has 0 aliphatic carbocycles. The molecule has 2 aromatic rings. The minimum absolute atomic E-state index is 0.408.